The van der Waals surface area contributed by atoms with Crippen LogP contribution in [0.2, 0.25) is 5.15 Å². The monoisotopic (exact) mass is 402 g/mol. The standard InChI is InChI=1S/C18H15ClN4O3S/c1-2-4-12-20-15(19)14-17(21-12)23(16(22-14)11-5-3-8-27-11)18-10(6-7-26-18)9-13(24)25/h3,5,8,10,18H,6-7,9H2,1H3,(H,24,25)/t10-,18-/m1/s1. The second-order valence-electron chi connectivity index (χ2n) is 6.08. The van der Waals surface area contributed by atoms with E-state index in [2.05, 4.69) is 26.8 Å². The molecule has 0 aromatic carbocycles. The van der Waals surface area contributed by atoms with E-state index < -0.39 is 12.2 Å². The van der Waals surface area contributed by atoms with Gasteiger partial charge in [0.1, 0.15) is 11.7 Å². The van der Waals surface area contributed by atoms with Gasteiger partial charge in [-0.05, 0) is 30.7 Å². The van der Waals surface area contributed by atoms with Gasteiger partial charge in [0.05, 0.1) is 11.3 Å². The Labute approximate surface area is 164 Å². The highest BCUT2D eigenvalue weighted by molar-refractivity contribution is 7.13. The largest absolute Gasteiger partial charge is 0.481 e. The van der Waals surface area contributed by atoms with E-state index in [1.807, 2.05) is 22.1 Å². The maximum absolute atomic E-state index is 11.3. The molecule has 3 aromatic rings. The molecule has 1 saturated heterocycles. The lowest BCUT2D eigenvalue weighted by molar-refractivity contribution is -0.139. The van der Waals surface area contributed by atoms with Crippen LogP contribution in [0.1, 0.15) is 31.8 Å². The molecule has 0 spiro atoms. The number of carboxylic acids is 1. The van der Waals surface area contributed by atoms with Gasteiger partial charge in [-0.3, -0.25) is 9.36 Å². The first-order chi connectivity index (χ1) is 13.1. The Balaban J connectivity index is 1.96. The summed E-state index contributed by atoms with van der Waals surface area (Å²) >= 11 is 7.87. The molecule has 7 nitrogen and oxygen atoms in total. The summed E-state index contributed by atoms with van der Waals surface area (Å²) in [5.41, 5.74) is 0.949. The van der Waals surface area contributed by atoms with Crippen molar-refractivity contribution in [1.82, 2.24) is 19.5 Å². The maximum Gasteiger partial charge on any atom is 0.303 e. The van der Waals surface area contributed by atoms with E-state index in [1.165, 1.54) is 11.3 Å². The molecule has 0 amide bonds. The first kappa shape index (κ1) is 17.9. The summed E-state index contributed by atoms with van der Waals surface area (Å²) < 4.78 is 7.77. The average molecular weight is 403 g/mol. The molecule has 4 rings (SSSR count). The fourth-order valence-electron chi connectivity index (χ4n) is 3.26. The normalized spacial score (nSPS) is 19.2. The van der Waals surface area contributed by atoms with Gasteiger partial charge in [-0.2, -0.15) is 0 Å². The van der Waals surface area contributed by atoms with Crippen LogP contribution >= 0.6 is 22.9 Å². The highest BCUT2D eigenvalue weighted by atomic mass is 35.5. The van der Waals surface area contributed by atoms with Crippen LogP contribution in [0.4, 0.5) is 0 Å². The van der Waals surface area contributed by atoms with E-state index in [0.29, 0.717) is 35.8 Å². The van der Waals surface area contributed by atoms with Gasteiger partial charge in [0.15, 0.2) is 16.6 Å². The van der Waals surface area contributed by atoms with E-state index in [4.69, 9.17) is 16.3 Å². The molecule has 0 aliphatic carbocycles. The van der Waals surface area contributed by atoms with Gasteiger partial charge >= 0.3 is 5.97 Å². The fourth-order valence-corrected chi connectivity index (χ4v) is 4.18. The number of carbonyl (C=O) groups is 1. The summed E-state index contributed by atoms with van der Waals surface area (Å²) in [5.74, 6) is 5.47. The van der Waals surface area contributed by atoms with E-state index in [1.54, 1.807) is 6.92 Å². The molecule has 138 valence electrons. The molecular formula is C18H15ClN4O3S. The first-order valence-electron chi connectivity index (χ1n) is 8.34. The Morgan fingerprint density at radius 3 is 3.04 bits per heavy atom. The average Bonchev–Trinajstić information content (AvgIpc) is 3.33. The minimum atomic E-state index is -0.859. The summed E-state index contributed by atoms with van der Waals surface area (Å²) in [4.78, 5) is 25.6. The SMILES string of the molecule is CC#Cc1nc(Cl)c2nc(-c3cccs3)n([C@@H]3OCC[C@@H]3CC(=O)O)c2n1. The van der Waals surface area contributed by atoms with Crippen molar-refractivity contribution < 1.29 is 14.6 Å². The zero-order valence-electron chi connectivity index (χ0n) is 14.3. The fraction of sp³-hybridized carbons (Fsp3) is 0.333. The molecule has 9 heteroatoms. The molecule has 1 aliphatic rings. The highest BCUT2D eigenvalue weighted by Crippen LogP contribution is 2.40. The van der Waals surface area contributed by atoms with Crippen LogP contribution in [0.25, 0.3) is 21.9 Å². The number of rotatable bonds is 4. The van der Waals surface area contributed by atoms with E-state index in [-0.39, 0.29) is 17.5 Å². The van der Waals surface area contributed by atoms with Crippen molar-refractivity contribution in [2.45, 2.75) is 26.0 Å². The van der Waals surface area contributed by atoms with Crippen LogP contribution in [0, 0.1) is 17.8 Å². The third-order valence-electron chi connectivity index (χ3n) is 4.35. The van der Waals surface area contributed by atoms with Crippen molar-refractivity contribution in [3.8, 4) is 22.5 Å². The number of aromatic nitrogens is 4. The maximum atomic E-state index is 11.3. The van der Waals surface area contributed by atoms with Crippen molar-refractivity contribution >= 4 is 40.1 Å². The topological polar surface area (TPSA) is 90.1 Å². The lowest BCUT2D eigenvalue weighted by atomic mass is 10.0. The number of aliphatic carboxylic acids is 1. The van der Waals surface area contributed by atoms with E-state index >= 15 is 0 Å². The Morgan fingerprint density at radius 1 is 1.48 bits per heavy atom. The van der Waals surface area contributed by atoms with Gasteiger partial charge in [0, 0.05) is 12.5 Å². The molecule has 3 aromatic heterocycles. The van der Waals surface area contributed by atoms with Crippen LogP contribution in [0.5, 0.6) is 0 Å². The quantitative estimate of drug-likeness (QED) is 0.529. The highest BCUT2D eigenvalue weighted by Gasteiger charge is 2.35. The number of ether oxygens (including phenoxy) is 1. The van der Waals surface area contributed by atoms with Gasteiger partial charge < -0.3 is 9.84 Å². The summed E-state index contributed by atoms with van der Waals surface area (Å²) in [6.07, 6.45) is 0.173. The zero-order valence-corrected chi connectivity index (χ0v) is 15.9. The van der Waals surface area contributed by atoms with Crippen LogP contribution in [0.3, 0.4) is 0 Å². The summed E-state index contributed by atoms with van der Waals surface area (Å²) in [7, 11) is 0. The lowest BCUT2D eigenvalue weighted by Crippen LogP contribution is -2.19. The third-order valence-corrected chi connectivity index (χ3v) is 5.48. The van der Waals surface area contributed by atoms with Crippen LogP contribution in [-0.2, 0) is 9.53 Å². The molecule has 0 radical (unpaired) electrons. The van der Waals surface area contributed by atoms with Crippen molar-refractivity contribution in [3.05, 3.63) is 28.5 Å². The van der Waals surface area contributed by atoms with Gasteiger partial charge in [0.2, 0.25) is 5.82 Å². The first-order valence-corrected chi connectivity index (χ1v) is 9.59. The Morgan fingerprint density at radius 2 is 2.33 bits per heavy atom. The van der Waals surface area contributed by atoms with Crippen LogP contribution < -0.4 is 0 Å². The van der Waals surface area contributed by atoms with Crippen molar-refractivity contribution in [1.29, 1.82) is 0 Å². The molecule has 0 unspecified atom stereocenters. The summed E-state index contributed by atoms with van der Waals surface area (Å²) in [6, 6.07) is 3.87. The third kappa shape index (κ3) is 3.30. The number of fused-ring (bicyclic) bond motifs is 1. The summed E-state index contributed by atoms with van der Waals surface area (Å²) in [6.45, 7) is 2.17. The van der Waals surface area contributed by atoms with Gasteiger partial charge in [0.25, 0.3) is 0 Å². The number of nitrogens with zero attached hydrogens (tertiary/aromatic N) is 4. The minimum absolute atomic E-state index is 0.00859. The lowest BCUT2D eigenvalue weighted by Gasteiger charge is -2.21. The van der Waals surface area contributed by atoms with Crippen molar-refractivity contribution in [2.75, 3.05) is 6.61 Å². The second kappa shape index (κ2) is 7.27. The molecule has 0 bridgehead atoms. The summed E-state index contributed by atoms with van der Waals surface area (Å²) in [5, 5.41) is 11.4. The molecule has 1 fully saturated rings. The smallest absolute Gasteiger partial charge is 0.303 e. The Kier molecular flexibility index (Phi) is 4.83. The van der Waals surface area contributed by atoms with Crippen LogP contribution in [-0.4, -0.2) is 37.2 Å². The molecule has 0 saturated carbocycles. The predicted molar refractivity (Wildman–Crippen MR) is 102 cm³/mol. The molecular weight excluding hydrogens is 388 g/mol. The van der Waals surface area contributed by atoms with E-state index in [0.717, 1.165) is 4.88 Å². The number of hydrogen-bond acceptors (Lipinski definition) is 6. The molecule has 1 aliphatic heterocycles. The van der Waals surface area contributed by atoms with Crippen LogP contribution in [0.15, 0.2) is 17.5 Å². The molecule has 4 heterocycles. The van der Waals surface area contributed by atoms with Crippen molar-refractivity contribution in [3.63, 3.8) is 0 Å². The molecule has 1 N–H and O–H groups in total. The second-order valence-corrected chi connectivity index (χ2v) is 7.38. The number of hydrogen-bond donors (Lipinski definition) is 1. The molecule has 2 atom stereocenters. The van der Waals surface area contributed by atoms with Gasteiger partial charge in [-0.1, -0.05) is 23.6 Å². The predicted octanol–water partition coefficient (Wildman–Crippen LogP) is 3.59. The molecule has 27 heavy (non-hydrogen) atoms. The number of carboxylic acid groups (broad SMARTS) is 1. The van der Waals surface area contributed by atoms with E-state index in [9.17, 15) is 9.90 Å². The number of imidazole rings is 1. The van der Waals surface area contributed by atoms with Gasteiger partial charge in [-0.15, -0.1) is 11.3 Å². The zero-order chi connectivity index (χ0) is 19.0. The minimum Gasteiger partial charge on any atom is -0.481 e. The Hall–Kier alpha value is -2.47. The number of thiophene rings is 1. The van der Waals surface area contributed by atoms with Gasteiger partial charge in [-0.25, -0.2) is 15.0 Å². The van der Waals surface area contributed by atoms with Crippen molar-refractivity contribution in [2.24, 2.45) is 5.92 Å². The Bertz CT molecular complexity index is 1070. The number of halogens is 1.